The van der Waals surface area contributed by atoms with Crippen molar-refractivity contribution in [1.82, 2.24) is 19.3 Å². The molecule has 1 atom stereocenters. The van der Waals surface area contributed by atoms with Crippen molar-refractivity contribution in [2.75, 3.05) is 5.32 Å². The molecule has 0 aliphatic rings. The third-order valence-electron chi connectivity index (χ3n) is 4.83. The van der Waals surface area contributed by atoms with Crippen LogP contribution in [0.1, 0.15) is 12.6 Å². The van der Waals surface area contributed by atoms with Crippen LogP contribution in [0.25, 0.3) is 16.7 Å². The van der Waals surface area contributed by atoms with Crippen LogP contribution >= 0.6 is 11.8 Å². The fourth-order valence-electron chi connectivity index (χ4n) is 3.14. The number of H-pyrrole nitrogens is 1. The van der Waals surface area contributed by atoms with Crippen molar-refractivity contribution >= 4 is 34.4 Å². The number of hydrogen-bond donors (Lipinski definition) is 2. The molecule has 0 saturated heterocycles. The van der Waals surface area contributed by atoms with Gasteiger partial charge in [-0.05, 0) is 38.1 Å². The Bertz CT molecular complexity index is 1210. The Labute approximate surface area is 171 Å². The topological polar surface area (TPSA) is 84.7 Å². The molecule has 0 spiro atoms. The summed E-state index contributed by atoms with van der Waals surface area (Å²) in [6.07, 6.45) is 0. The predicted octanol–water partition coefficient (Wildman–Crippen LogP) is 3.48. The average Bonchev–Trinajstić information content (AvgIpc) is 3.22. The number of imidazole rings is 1. The largest absolute Gasteiger partial charge is 0.333 e. The lowest BCUT2D eigenvalue weighted by Crippen LogP contribution is -2.27. The summed E-state index contributed by atoms with van der Waals surface area (Å²) < 4.78 is 3.28. The smallest absolute Gasteiger partial charge is 0.295 e. The minimum Gasteiger partial charge on any atom is -0.333 e. The molecule has 0 aliphatic heterocycles. The fourth-order valence-corrected chi connectivity index (χ4v) is 3.96. The van der Waals surface area contributed by atoms with Crippen molar-refractivity contribution in [2.45, 2.75) is 24.3 Å². The number of thioether (sulfide) groups is 1. The van der Waals surface area contributed by atoms with Gasteiger partial charge in [-0.2, -0.15) is 0 Å². The molecule has 1 amide bonds. The van der Waals surface area contributed by atoms with Crippen molar-refractivity contribution in [3.05, 3.63) is 70.6 Å². The van der Waals surface area contributed by atoms with E-state index >= 15 is 0 Å². The molecule has 29 heavy (non-hydrogen) atoms. The normalized spacial score (nSPS) is 12.2. The predicted molar refractivity (Wildman–Crippen MR) is 116 cm³/mol. The maximum absolute atomic E-state index is 12.9. The molecule has 2 N–H and O–H groups in total. The number of carbonyl (C=O) groups is 1. The first-order valence-corrected chi connectivity index (χ1v) is 10.1. The molecule has 2 aromatic carbocycles. The van der Waals surface area contributed by atoms with Crippen LogP contribution in [0.5, 0.6) is 0 Å². The van der Waals surface area contributed by atoms with Gasteiger partial charge in [0, 0.05) is 7.05 Å². The number of rotatable bonds is 5. The van der Waals surface area contributed by atoms with Gasteiger partial charge in [0.25, 0.3) is 5.56 Å². The highest BCUT2D eigenvalue weighted by molar-refractivity contribution is 8.00. The summed E-state index contributed by atoms with van der Waals surface area (Å²) in [7, 11) is 1.80. The van der Waals surface area contributed by atoms with Gasteiger partial charge in [0.1, 0.15) is 5.69 Å². The molecular formula is C21H21N5O2S. The third kappa shape index (κ3) is 3.58. The van der Waals surface area contributed by atoms with Gasteiger partial charge in [-0.25, -0.2) is 9.67 Å². The van der Waals surface area contributed by atoms with E-state index in [1.807, 2.05) is 61.5 Å². The average molecular weight is 407 g/mol. The summed E-state index contributed by atoms with van der Waals surface area (Å²) >= 11 is 1.32. The van der Waals surface area contributed by atoms with Gasteiger partial charge >= 0.3 is 0 Å². The van der Waals surface area contributed by atoms with Gasteiger partial charge in [-0.1, -0.05) is 42.1 Å². The van der Waals surface area contributed by atoms with Crippen molar-refractivity contribution in [2.24, 2.45) is 7.05 Å². The molecule has 7 nitrogen and oxygen atoms in total. The number of benzene rings is 2. The van der Waals surface area contributed by atoms with E-state index in [0.29, 0.717) is 16.5 Å². The molecule has 4 aromatic rings. The molecule has 0 bridgehead atoms. The highest BCUT2D eigenvalue weighted by atomic mass is 32.2. The number of aromatic amines is 1. The summed E-state index contributed by atoms with van der Waals surface area (Å²) in [5, 5.41) is 3.04. The Morgan fingerprint density at radius 2 is 1.83 bits per heavy atom. The zero-order valence-corrected chi connectivity index (χ0v) is 17.2. The van der Waals surface area contributed by atoms with E-state index in [1.165, 1.54) is 11.8 Å². The fraction of sp³-hybridized carbons (Fsp3) is 0.190. The maximum Gasteiger partial charge on any atom is 0.295 e. The number of anilines is 1. The van der Waals surface area contributed by atoms with Gasteiger partial charge in [-0.3, -0.25) is 14.3 Å². The standard InChI is InChI=1S/C21H21N5O2S/c1-13-18(20(28)26(25(13)3)15-9-5-4-6-10-15)24-19(27)14(2)29-21-22-16-11-7-8-12-17(16)23-21/h4-12,14H,1-3H3,(H,22,23)(H,24,27). The van der Waals surface area contributed by atoms with Crippen LogP contribution in [-0.2, 0) is 11.8 Å². The van der Waals surface area contributed by atoms with Crippen LogP contribution in [-0.4, -0.2) is 30.5 Å². The molecule has 0 fully saturated rings. The Morgan fingerprint density at radius 1 is 1.14 bits per heavy atom. The Morgan fingerprint density at radius 3 is 2.55 bits per heavy atom. The number of nitrogens with zero attached hydrogens (tertiary/aromatic N) is 3. The van der Waals surface area contributed by atoms with Crippen molar-refractivity contribution < 1.29 is 4.79 Å². The number of carbonyl (C=O) groups excluding carboxylic acids is 1. The van der Waals surface area contributed by atoms with E-state index in [0.717, 1.165) is 16.7 Å². The lowest BCUT2D eigenvalue weighted by molar-refractivity contribution is -0.115. The molecule has 4 rings (SSSR count). The van der Waals surface area contributed by atoms with Gasteiger partial charge in [0.05, 0.1) is 27.7 Å². The monoisotopic (exact) mass is 407 g/mol. The second kappa shape index (κ2) is 7.63. The van der Waals surface area contributed by atoms with Crippen molar-refractivity contribution in [1.29, 1.82) is 0 Å². The number of para-hydroxylation sites is 3. The zero-order valence-electron chi connectivity index (χ0n) is 16.3. The number of aromatic nitrogens is 4. The summed E-state index contributed by atoms with van der Waals surface area (Å²) in [5.41, 5.74) is 3.24. The van der Waals surface area contributed by atoms with Crippen LogP contribution in [0.3, 0.4) is 0 Å². The van der Waals surface area contributed by atoms with Crippen LogP contribution < -0.4 is 10.9 Å². The highest BCUT2D eigenvalue weighted by Gasteiger charge is 2.22. The van der Waals surface area contributed by atoms with Crippen LogP contribution in [0.4, 0.5) is 5.69 Å². The van der Waals surface area contributed by atoms with E-state index in [2.05, 4.69) is 15.3 Å². The molecular weight excluding hydrogens is 386 g/mol. The lowest BCUT2D eigenvalue weighted by atomic mass is 10.3. The van der Waals surface area contributed by atoms with Gasteiger partial charge in [0.2, 0.25) is 5.91 Å². The Kier molecular flexibility index (Phi) is 5.02. The Hall–Kier alpha value is -3.26. The van der Waals surface area contributed by atoms with E-state index < -0.39 is 5.25 Å². The summed E-state index contributed by atoms with van der Waals surface area (Å²) in [5.74, 6) is -0.249. The molecule has 2 aromatic heterocycles. The number of fused-ring (bicyclic) bond motifs is 1. The zero-order chi connectivity index (χ0) is 20.5. The van der Waals surface area contributed by atoms with E-state index in [-0.39, 0.29) is 11.5 Å². The van der Waals surface area contributed by atoms with E-state index in [1.54, 1.807) is 23.3 Å². The first-order valence-electron chi connectivity index (χ1n) is 9.22. The molecule has 1 unspecified atom stereocenters. The first-order chi connectivity index (χ1) is 14.0. The molecule has 0 saturated carbocycles. The summed E-state index contributed by atoms with van der Waals surface area (Å²) in [6.45, 7) is 3.61. The van der Waals surface area contributed by atoms with Crippen LogP contribution in [0.2, 0.25) is 0 Å². The lowest BCUT2D eigenvalue weighted by Gasteiger charge is -2.09. The second-order valence-electron chi connectivity index (χ2n) is 6.74. The highest BCUT2D eigenvalue weighted by Crippen LogP contribution is 2.24. The van der Waals surface area contributed by atoms with Crippen LogP contribution in [0, 0.1) is 6.92 Å². The number of hydrogen-bond acceptors (Lipinski definition) is 4. The number of amides is 1. The minimum atomic E-state index is -0.431. The number of nitrogens with one attached hydrogen (secondary N) is 2. The Balaban J connectivity index is 1.55. The van der Waals surface area contributed by atoms with Crippen molar-refractivity contribution in [3.63, 3.8) is 0 Å². The van der Waals surface area contributed by atoms with Gasteiger partial charge in [-0.15, -0.1) is 0 Å². The van der Waals surface area contributed by atoms with Gasteiger partial charge < -0.3 is 10.3 Å². The third-order valence-corrected chi connectivity index (χ3v) is 5.81. The van der Waals surface area contributed by atoms with E-state index in [9.17, 15) is 9.59 Å². The SMILES string of the molecule is Cc1c(NC(=O)C(C)Sc2nc3ccccc3[nH]2)c(=O)n(-c2ccccc2)n1C. The van der Waals surface area contributed by atoms with Crippen molar-refractivity contribution in [3.8, 4) is 5.69 Å². The molecule has 0 aliphatic carbocycles. The molecule has 2 heterocycles. The first kappa shape index (κ1) is 19.1. The van der Waals surface area contributed by atoms with Gasteiger partial charge in [0.15, 0.2) is 5.16 Å². The molecule has 0 radical (unpaired) electrons. The second-order valence-corrected chi connectivity index (χ2v) is 8.07. The van der Waals surface area contributed by atoms with E-state index in [4.69, 9.17) is 0 Å². The van der Waals surface area contributed by atoms with Crippen LogP contribution in [0.15, 0.2) is 64.5 Å². The molecule has 148 valence electrons. The minimum absolute atomic E-state index is 0.249. The summed E-state index contributed by atoms with van der Waals surface area (Å²) in [6, 6.07) is 17.0. The molecule has 8 heteroatoms. The maximum atomic E-state index is 12.9. The summed E-state index contributed by atoms with van der Waals surface area (Å²) in [4.78, 5) is 33.4. The quantitative estimate of drug-likeness (QED) is 0.496.